The zero-order valence-corrected chi connectivity index (χ0v) is 21.3. The van der Waals surface area contributed by atoms with Crippen LogP contribution in [0.2, 0.25) is 5.02 Å². The summed E-state index contributed by atoms with van der Waals surface area (Å²) < 4.78 is 11.8. The largest absolute Gasteiger partial charge is 0.493 e. The van der Waals surface area contributed by atoms with Gasteiger partial charge in [0.25, 0.3) is 11.8 Å². The second-order valence-electron chi connectivity index (χ2n) is 7.35. The van der Waals surface area contributed by atoms with Gasteiger partial charge in [0, 0.05) is 10.7 Å². The number of ether oxygens (including phenoxy) is 2. The molecule has 8 nitrogen and oxygen atoms in total. The molecule has 4 rings (SSSR count). The van der Waals surface area contributed by atoms with E-state index in [0.29, 0.717) is 37.0 Å². The van der Waals surface area contributed by atoms with Crippen molar-refractivity contribution in [3.05, 3.63) is 86.6 Å². The van der Waals surface area contributed by atoms with Gasteiger partial charge in [0.05, 0.1) is 16.4 Å². The van der Waals surface area contributed by atoms with E-state index < -0.39 is 11.9 Å². The molecule has 0 aromatic heterocycles. The van der Waals surface area contributed by atoms with Crippen molar-refractivity contribution < 1.29 is 23.9 Å². The number of carbonyl (C=O) groups excluding carboxylic acids is 3. The van der Waals surface area contributed by atoms with Gasteiger partial charge >= 0.3 is 6.03 Å². The standard InChI is InChI=1S/C25H19ClIN3O5/c1-34-21-12-15(10-19(27)23(21)35-14-22(31)28-17-7-3-2-4-8-17)11-20-24(32)30(25(33)29-20)18-9-5-6-16(26)13-18/h2-13H,14H2,1H3,(H,28,31)(H,29,33)/b20-11+. The highest BCUT2D eigenvalue weighted by Gasteiger charge is 2.35. The molecule has 1 fully saturated rings. The Hall–Kier alpha value is -3.57. The highest BCUT2D eigenvalue weighted by atomic mass is 127. The lowest BCUT2D eigenvalue weighted by Gasteiger charge is -2.14. The van der Waals surface area contributed by atoms with Crippen LogP contribution in [0.1, 0.15) is 5.56 Å². The van der Waals surface area contributed by atoms with Gasteiger partial charge in [-0.15, -0.1) is 0 Å². The fourth-order valence-electron chi connectivity index (χ4n) is 3.37. The number of anilines is 2. The molecule has 2 N–H and O–H groups in total. The summed E-state index contributed by atoms with van der Waals surface area (Å²) in [6, 6.07) is 18.4. The van der Waals surface area contributed by atoms with Crippen LogP contribution < -0.4 is 25.0 Å². The quantitative estimate of drug-likeness (QED) is 0.223. The maximum absolute atomic E-state index is 12.9. The molecule has 0 aliphatic carbocycles. The van der Waals surface area contributed by atoms with E-state index in [1.165, 1.54) is 13.2 Å². The molecule has 0 radical (unpaired) electrons. The third kappa shape index (κ3) is 5.75. The van der Waals surface area contributed by atoms with E-state index in [9.17, 15) is 14.4 Å². The molecular weight excluding hydrogens is 585 g/mol. The molecule has 1 aliphatic rings. The number of methoxy groups -OCH3 is 1. The highest BCUT2D eigenvalue weighted by Crippen LogP contribution is 2.35. The van der Waals surface area contributed by atoms with Gasteiger partial charge < -0.3 is 20.1 Å². The molecule has 0 atom stereocenters. The van der Waals surface area contributed by atoms with Crippen molar-refractivity contribution in [2.45, 2.75) is 0 Å². The number of halogens is 2. The number of amides is 4. The minimum Gasteiger partial charge on any atom is -0.493 e. The maximum Gasteiger partial charge on any atom is 0.333 e. The number of benzene rings is 3. The van der Waals surface area contributed by atoms with E-state index in [-0.39, 0.29) is 18.2 Å². The van der Waals surface area contributed by atoms with Gasteiger partial charge in [0.15, 0.2) is 18.1 Å². The van der Waals surface area contributed by atoms with E-state index in [1.54, 1.807) is 48.5 Å². The molecule has 10 heteroatoms. The Morgan fingerprint density at radius 3 is 2.60 bits per heavy atom. The third-order valence-corrected chi connectivity index (χ3v) is 5.95. The second-order valence-corrected chi connectivity index (χ2v) is 8.94. The summed E-state index contributed by atoms with van der Waals surface area (Å²) in [5.74, 6) is -0.0645. The topological polar surface area (TPSA) is 97.0 Å². The fourth-order valence-corrected chi connectivity index (χ4v) is 4.34. The molecular formula is C25H19ClIN3O5. The number of nitrogens with zero attached hydrogens (tertiary/aromatic N) is 1. The Morgan fingerprint density at radius 2 is 1.89 bits per heavy atom. The van der Waals surface area contributed by atoms with Gasteiger partial charge in [0.2, 0.25) is 0 Å². The first-order valence-corrected chi connectivity index (χ1v) is 11.8. The lowest BCUT2D eigenvalue weighted by atomic mass is 10.1. The molecule has 1 saturated heterocycles. The lowest BCUT2D eigenvalue weighted by Crippen LogP contribution is -2.30. The Kier molecular flexibility index (Phi) is 7.57. The fraction of sp³-hybridized carbons (Fsp3) is 0.0800. The third-order valence-electron chi connectivity index (χ3n) is 4.91. The van der Waals surface area contributed by atoms with Crippen LogP contribution in [0.4, 0.5) is 16.2 Å². The monoisotopic (exact) mass is 603 g/mol. The zero-order valence-electron chi connectivity index (χ0n) is 18.4. The van der Waals surface area contributed by atoms with Gasteiger partial charge in [-0.1, -0.05) is 35.9 Å². The summed E-state index contributed by atoms with van der Waals surface area (Å²) >= 11 is 8.06. The Morgan fingerprint density at radius 1 is 1.11 bits per heavy atom. The van der Waals surface area contributed by atoms with Crippen LogP contribution in [0.25, 0.3) is 6.08 Å². The molecule has 178 valence electrons. The number of hydrogen-bond acceptors (Lipinski definition) is 5. The van der Waals surface area contributed by atoms with Crippen LogP contribution in [-0.4, -0.2) is 31.6 Å². The number of rotatable bonds is 7. The zero-order chi connectivity index (χ0) is 24.9. The number of para-hydroxylation sites is 1. The van der Waals surface area contributed by atoms with Gasteiger partial charge in [-0.05, 0) is 76.7 Å². The lowest BCUT2D eigenvalue weighted by molar-refractivity contribution is -0.118. The molecule has 1 aliphatic heterocycles. The molecule has 0 bridgehead atoms. The summed E-state index contributed by atoms with van der Waals surface area (Å²) in [5.41, 5.74) is 1.74. The smallest absolute Gasteiger partial charge is 0.333 e. The van der Waals surface area contributed by atoms with Crippen molar-refractivity contribution in [3.63, 3.8) is 0 Å². The van der Waals surface area contributed by atoms with Gasteiger partial charge in [-0.3, -0.25) is 9.59 Å². The highest BCUT2D eigenvalue weighted by molar-refractivity contribution is 14.1. The average molecular weight is 604 g/mol. The van der Waals surface area contributed by atoms with E-state index in [4.69, 9.17) is 21.1 Å². The van der Waals surface area contributed by atoms with E-state index >= 15 is 0 Å². The second kappa shape index (κ2) is 10.8. The summed E-state index contributed by atoms with van der Waals surface area (Å²) in [7, 11) is 1.47. The maximum atomic E-state index is 12.9. The van der Waals surface area contributed by atoms with Gasteiger partial charge in [-0.2, -0.15) is 0 Å². The predicted octanol–water partition coefficient (Wildman–Crippen LogP) is 5.07. The number of urea groups is 1. The number of carbonyl (C=O) groups is 3. The van der Waals surface area contributed by atoms with Crippen LogP contribution in [0.3, 0.4) is 0 Å². The molecule has 1 heterocycles. The van der Waals surface area contributed by atoms with E-state index in [1.807, 2.05) is 18.2 Å². The first-order valence-electron chi connectivity index (χ1n) is 10.3. The van der Waals surface area contributed by atoms with Gasteiger partial charge in [-0.25, -0.2) is 9.69 Å². The Bertz CT molecular complexity index is 1330. The van der Waals surface area contributed by atoms with Crippen LogP contribution in [-0.2, 0) is 9.59 Å². The van der Waals surface area contributed by atoms with Crippen LogP contribution in [0, 0.1) is 3.57 Å². The molecule has 0 saturated carbocycles. The van der Waals surface area contributed by atoms with Crippen molar-refractivity contribution in [1.29, 1.82) is 0 Å². The van der Waals surface area contributed by atoms with Crippen LogP contribution in [0.15, 0.2) is 72.4 Å². The number of hydrogen-bond donors (Lipinski definition) is 2. The summed E-state index contributed by atoms with van der Waals surface area (Å²) in [6.45, 7) is -0.217. The van der Waals surface area contributed by atoms with Crippen molar-refractivity contribution in [2.24, 2.45) is 0 Å². The summed E-state index contributed by atoms with van der Waals surface area (Å²) in [5, 5.41) is 5.74. The molecule has 3 aromatic carbocycles. The predicted molar refractivity (Wildman–Crippen MR) is 142 cm³/mol. The molecule has 3 aromatic rings. The minimum absolute atomic E-state index is 0.101. The SMILES string of the molecule is COc1cc(/C=C2/NC(=O)N(c3cccc(Cl)c3)C2=O)cc(I)c1OCC(=O)Nc1ccccc1. The first-order chi connectivity index (χ1) is 16.9. The van der Waals surface area contributed by atoms with E-state index in [0.717, 1.165) is 4.90 Å². The average Bonchev–Trinajstić information content (AvgIpc) is 3.11. The van der Waals surface area contributed by atoms with Crippen LogP contribution >= 0.6 is 34.2 Å². The number of imide groups is 1. The molecule has 4 amide bonds. The molecule has 0 unspecified atom stereocenters. The van der Waals surface area contributed by atoms with Crippen molar-refractivity contribution in [3.8, 4) is 11.5 Å². The van der Waals surface area contributed by atoms with E-state index in [2.05, 4.69) is 33.2 Å². The van der Waals surface area contributed by atoms with Crippen molar-refractivity contribution >= 4 is 69.5 Å². The Balaban J connectivity index is 1.51. The minimum atomic E-state index is -0.574. The van der Waals surface area contributed by atoms with Crippen molar-refractivity contribution in [2.75, 3.05) is 23.9 Å². The summed E-state index contributed by atoms with van der Waals surface area (Å²) in [4.78, 5) is 38.6. The normalized spacial score (nSPS) is 14.1. The Labute approximate surface area is 220 Å². The van der Waals surface area contributed by atoms with Gasteiger partial charge in [0.1, 0.15) is 5.70 Å². The molecule has 35 heavy (non-hydrogen) atoms. The summed E-state index contributed by atoms with van der Waals surface area (Å²) in [6.07, 6.45) is 1.54. The molecule has 0 spiro atoms. The van der Waals surface area contributed by atoms with Crippen molar-refractivity contribution in [1.82, 2.24) is 5.32 Å². The number of nitrogens with one attached hydrogen (secondary N) is 2. The first kappa shape index (κ1) is 24.6. The van der Waals surface area contributed by atoms with Crippen LogP contribution in [0.5, 0.6) is 11.5 Å².